The third kappa shape index (κ3) is 5.05. The first-order valence-electron chi connectivity index (χ1n) is 12.2. The first-order chi connectivity index (χ1) is 18.3. The fourth-order valence-electron chi connectivity index (χ4n) is 4.36. The number of amides is 1. The molecule has 0 radical (unpaired) electrons. The summed E-state index contributed by atoms with van der Waals surface area (Å²) in [6.07, 6.45) is 3.13. The molecule has 0 aliphatic carbocycles. The number of nitrogens with two attached hydrogens (primary N) is 1. The SMILES string of the molecule is CC(C)[C@H](NC(=O)c1cccnc1N(C)c1ccc(-c2ccc3ncnc(N)c3c2)s1)c1ccc(F)cc1. The van der Waals surface area contributed by atoms with E-state index in [9.17, 15) is 9.18 Å². The number of nitrogens with one attached hydrogen (secondary N) is 1. The number of anilines is 3. The Morgan fingerprint density at radius 1 is 1.03 bits per heavy atom. The monoisotopic (exact) mass is 526 g/mol. The van der Waals surface area contributed by atoms with Gasteiger partial charge in [-0.2, -0.15) is 0 Å². The second-order valence-corrected chi connectivity index (χ2v) is 10.4. The molecule has 1 atom stereocenters. The van der Waals surface area contributed by atoms with Crippen molar-refractivity contribution >= 4 is 44.8 Å². The van der Waals surface area contributed by atoms with Crippen molar-refractivity contribution in [2.75, 3.05) is 17.7 Å². The number of benzene rings is 2. The van der Waals surface area contributed by atoms with Crippen LogP contribution in [0.1, 0.15) is 35.8 Å². The minimum atomic E-state index is -0.311. The van der Waals surface area contributed by atoms with Gasteiger partial charge in [0, 0.05) is 23.5 Å². The number of nitrogens with zero attached hydrogens (tertiary/aromatic N) is 4. The van der Waals surface area contributed by atoms with E-state index in [4.69, 9.17) is 5.73 Å². The molecule has 5 aromatic rings. The van der Waals surface area contributed by atoms with E-state index >= 15 is 0 Å². The quantitative estimate of drug-likeness (QED) is 0.256. The first-order valence-corrected chi connectivity index (χ1v) is 13.0. The normalized spacial score (nSPS) is 12.0. The van der Waals surface area contributed by atoms with Crippen LogP contribution in [0.2, 0.25) is 0 Å². The molecular formula is C29H27FN6OS. The predicted octanol–water partition coefficient (Wildman–Crippen LogP) is 6.37. The number of aromatic nitrogens is 3. The number of carbonyl (C=O) groups excluding carboxylic acids is 1. The summed E-state index contributed by atoms with van der Waals surface area (Å²) in [5.74, 6) is 0.522. The van der Waals surface area contributed by atoms with Crippen LogP contribution in [0.4, 0.5) is 21.0 Å². The van der Waals surface area contributed by atoms with Crippen molar-refractivity contribution < 1.29 is 9.18 Å². The molecular weight excluding hydrogens is 499 g/mol. The van der Waals surface area contributed by atoms with E-state index in [2.05, 4.69) is 20.3 Å². The number of thiophene rings is 1. The second-order valence-electron chi connectivity index (χ2n) is 9.31. The van der Waals surface area contributed by atoms with Crippen LogP contribution in [0, 0.1) is 11.7 Å². The van der Waals surface area contributed by atoms with Gasteiger partial charge in [0.2, 0.25) is 0 Å². The smallest absolute Gasteiger partial charge is 0.255 e. The number of halogens is 1. The largest absolute Gasteiger partial charge is 0.383 e. The Morgan fingerprint density at radius 3 is 2.58 bits per heavy atom. The van der Waals surface area contributed by atoms with Gasteiger partial charge in [-0.25, -0.2) is 19.3 Å². The molecule has 0 aliphatic heterocycles. The fraction of sp³-hybridized carbons (Fsp3) is 0.172. The molecule has 192 valence electrons. The zero-order chi connectivity index (χ0) is 26.8. The van der Waals surface area contributed by atoms with E-state index in [-0.39, 0.29) is 23.7 Å². The molecule has 5 rings (SSSR count). The molecule has 3 heterocycles. The predicted molar refractivity (Wildman–Crippen MR) is 151 cm³/mol. The minimum Gasteiger partial charge on any atom is -0.383 e. The van der Waals surface area contributed by atoms with Crippen LogP contribution in [0.3, 0.4) is 0 Å². The van der Waals surface area contributed by atoms with Crippen LogP contribution in [0.5, 0.6) is 0 Å². The molecule has 3 aromatic heterocycles. The summed E-state index contributed by atoms with van der Waals surface area (Å²) >= 11 is 1.58. The molecule has 0 spiro atoms. The standard InChI is InChI=1S/C29H27FN6OS/c1-17(2)26(18-6-9-20(30)10-7-18)35-29(37)21-5-4-14-32-28(21)36(3)25-13-12-24(38-25)19-8-11-23-22(15-19)27(31)34-16-33-23/h4-17,26H,1-3H3,(H,35,37)(H2,31,33,34)/t26-/m0/s1. The summed E-state index contributed by atoms with van der Waals surface area (Å²) in [6.45, 7) is 4.04. The third-order valence-corrected chi connectivity index (χ3v) is 7.62. The molecule has 7 nitrogen and oxygen atoms in total. The van der Waals surface area contributed by atoms with Crippen LogP contribution < -0.4 is 16.0 Å². The van der Waals surface area contributed by atoms with Crippen molar-refractivity contribution in [2.24, 2.45) is 5.92 Å². The molecule has 0 saturated carbocycles. The van der Waals surface area contributed by atoms with Gasteiger partial charge >= 0.3 is 0 Å². The number of hydrogen-bond donors (Lipinski definition) is 2. The molecule has 0 unspecified atom stereocenters. The van der Waals surface area contributed by atoms with Gasteiger partial charge in [0.05, 0.1) is 22.1 Å². The summed E-state index contributed by atoms with van der Waals surface area (Å²) in [5.41, 5.74) is 9.15. The van der Waals surface area contributed by atoms with E-state index in [0.717, 1.165) is 31.9 Å². The molecule has 0 fully saturated rings. The van der Waals surface area contributed by atoms with E-state index in [0.29, 0.717) is 17.2 Å². The zero-order valence-corrected chi connectivity index (χ0v) is 22.0. The molecule has 9 heteroatoms. The maximum Gasteiger partial charge on any atom is 0.255 e. The molecule has 0 bridgehead atoms. The Balaban J connectivity index is 1.41. The number of pyridine rings is 1. The van der Waals surface area contributed by atoms with Crippen molar-refractivity contribution in [1.29, 1.82) is 0 Å². The number of carbonyl (C=O) groups is 1. The van der Waals surface area contributed by atoms with Gasteiger partial charge in [-0.15, -0.1) is 11.3 Å². The molecule has 3 N–H and O–H groups in total. The van der Waals surface area contributed by atoms with Crippen molar-refractivity contribution in [3.8, 4) is 10.4 Å². The van der Waals surface area contributed by atoms with Crippen LogP contribution in [-0.2, 0) is 0 Å². The van der Waals surface area contributed by atoms with E-state index in [1.807, 2.05) is 56.1 Å². The molecule has 1 amide bonds. The van der Waals surface area contributed by atoms with E-state index < -0.39 is 0 Å². The summed E-state index contributed by atoms with van der Waals surface area (Å²) < 4.78 is 13.5. The van der Waals surface area contributed by atoms with Crippen molar-refractivity contribution in [3.63, 3.8) is 0 Å². The maximum absolute atomic E-state index is 13.5. The van der Waals surface area contributed by atoms with Gasteiger partial charge in [0.1, 0.15) is 23.8 Å². The third-order valence-electron chi connectivity index (χ3n) is 6.40. The van der Waals surface area contributed by atoms with Gasteiger partial charge in [-0.05, 0) is 65.6 Å². The molecule has 0 saturated heterocycles. The highest BCUT2D eigenvalue weighted by Gasteiger charge is 2.23. The lowest BCUT2D eigenvalue weighted by Crippen LogP contribution is -2.32. The second kappa shape index (κ2) is 10.5. The van der Waals surface area contributed by atoms with Gasteiger partial charge in [-0.1, -0.05) is 32.0 Å². The fourth-order valence-corrected chi connectivity index (χ4v) is 5.33. The lowest BCUT2D eigenvalue weighted by Gasteiger charge is -2.25. The Bertz CT molecular complexity index is 1600. The summed E-state index contributed by atoms with van der Waals surface area (Å²) in [7, 11) is 1.89. The zero-order valence-electron chi connectivity index (χ0n) is 21.2. The minimum absolute atomic E-state index is 0.100. The van der Waals surface area contributed by atoms with Crippen LogP contribution in [-0.4, -0.2) is 27.9 Å². The summed E-state index contributed by atoms with van der Waals surface area (Å²) in [5, 5.41) is 4.84. The Morgan fingerprint density at radius 2 is 1.82 bits per heavy atom. The van der Waals surface area contributed by atoms with Crippen LogP contribution in [0.25, 0.3) is 21.3 Å². The molecule has 0 aliphatic rings. The van der Waals surface area contributed by atoms with Crippen LogP contribution >= 0.6 is 11.3 Å². The number of fused-ring (bicyclic) bond motifs is 1. The average Bonchev–Trinajstić information content (AvgIpc) is 3.42. The van der Waals surface area contributed by atoms with Gasteiger partial charge < -0.3 is 16.0 Å². The van der Waals surface area contributed by atoms with Gasteiger partial charge in [-0.3, -0.25) is 4.79 Å². The van der Waals surface area contributed by atoms with E-state index in [1.54, 1.807) is 41.8 Å². The Labute approximate surface area is 224 Å². The summed E-state index contributed by atoms with van der Waals surface area (Å²) in [4.78, 5) is 29.3. The highest BCUT2D eigenvalue weighted by Crippen LogP contribution is 2.38. The van der Waals surface area contributed by atoms with Crippen molar-refractivity contribution in [2.45, 2.75) is 19.9 Å². The van der Waals surface area contributed by atoms with Crippen molar-refractivity contribution in [3.05, 3.63) is 96.2 Å². The molecule has 2 aromatic carbocycles. The highest BCUT2D eigenvalue weighted by atomic mass is 32.1. The lowest BCUT2D eigenvalue weighted by atomic mass is 9.95. The average molecular weight is 527 g/mol. The van der Waals surface area contributed by atoms with Gasteiger partial charge in [0.25, 0.3) is 5.91 Å². The molecule has 38 heavy (non-hydrogen) atoms. The highest BCUT2D eigenvalue weighted by molar-refractivity contribution is 7.19. The summed E-state index contributed by atoms with van der Waals surface area (Å²) in [6, 6.07) is 19.4. The number of nitrogen functional groups attached to an aromatic ring is 1. The lowest BCUT2D eigenvalue weighted by molar-refractivity contribution is 0.0926. The van der Waals surface area contributed by atoms with Crippen LogP contribution in [0.15, 0.2) is 79.3 Å². The van der Waals surface area contributed by atoms with E-state index in [1.165, 1.54) is 18.5 Å². The Kier molecular flexibility index (Phi) is 7.02. The van der Waals surface area contributed by atoms with Crippen molar-refractivity contribution in [1.82, 2.24) is 20.3 Å². The Hall–Kier alpha value is -4.37. The number of hydrogen-bond acceptors (Lipinski definition) is 7. The topological polar surface area (TPSA) is 97.0 Å². The first kappa shape index (κ1) is 25.3. The number of rotatable bonds is 7. The maximum atomic E-state index is 13.5. The van der Waals surface area contributed by atoms with Gasteiger partial charge in [0.15, 0.2) is 0 Å².